The standard InChI is InChI=1S/C10H12O4S/c1-2-14-8-3-5-9(6-4-8)15(13)7-10(11)12/h3-6H,2,7H2,1H3,(H,11,12). The molecular weight excluding hydrogens is 216 g/mol. The number of carboxylic acid groups (broad SMARTS) is 1. The Hall–Kier alpha value is -1.36. The molecule has 1 unspecified atom stereocenters. The van der Waals surface area contributed by atoms with E-state index in [1.165, 1.54) is 0 Å². The van der Waals surface area contributed by atoms with Crippen molar-refractivity contribution in [1.29, 1.82) is 0 Å². The van der Waals surface area contributed by atoms with E-state index in [9.17, 15) is 9.00 Å². The Balaban J connectivity index is 2.71. The number of aliphatic carboxylic acids is 1. The van der Waals surface area contributed by atoms with Crippen LogP contribution >= 0.6 is 0 Å². The fourth-order valence-corrected chi connectivity index (χ4v) is 1.88. The molecule has 1 rings (SSSR count). The molecule has 1 aromatic rings. The zero-order chi connectivity index (χ0) is 11.3. The normalized spacial score (nSPS) is 12.1. The second kappa shape index (κ2) is 5.50. The van der Waals surface area contributed by atoms with E-state index in [-0.39, 0.29) is 5.75 Å². The first-order valence-corrected chi connectivity index (χ1v) is 5.78. The highest BCUT2D eigenvalue weighted by atomic mass is 32.2. The Morgan fingerprint density at radius 3 is 2.47 bits per heavy atom. The van der Waals surface area contributed by atoms with Crippen LogP contribution in [0.1, 0.15) is 6.92 Å². The molecule has 1 aromatic carbocycles. The number of rotatable bonds is 5. The summed E-state index contributed by atoms with van der Waals surface area (Å²) < 4.78 is 16.6. The summed E-state index contributed by atoms with van der Waals surface area (Å²) in [7, 11) is -1.48. The van der Waals surface area contributed by atoms with Crippen LogP contribution in [0.25, 0.3) is 0 Å². The average molecular weight is 228 g/mol. The average Bonchev–Trinajstić information content (AvgIpc) is 2.18. The van der Waals surface area contributed by atoms with E-state index < -0.39 is 16.8 Å². The Morgan fingerprint density at radius 2 is 2.00 bits per heavy atom. The first-order valence-electron chi connectivity index (χ1n) is 4.46. The third-order valence-electron chi connectivity index (χ3n) is 1.65. The SMILES string of the molecule is CCOc1ccc(S(=O)CC(=O)O)cc1. The zero-order valence-electron chi connectivity index (χ0n) is 8.30. The highest BCUT2D eigenvalue weighted by Gasteiger charge is 2.08. The van der Waals surface area contributed by atoms with Crippen LogP contribution in [-0.4, -0.2) is 27.6 Å². The summed E-state index contributed by atoms with van der Waals surface area (Å²) in [5, 5.41) is 8.47. The molecule has 82 valence electrons. The molecule has 0 aliphatic carbocycles. The highest BCUT2D eigenvalue weighted by molar-refractivity contribution is 7.85. The van der Waals surface area contributed by atoms with Crippen LogP contribution in [0.3, 0.4) is 0 Å². The van der Waals surface area contributed by atoms with Gasteiger partial charge >= 0.3 is 5.97 Å². The third kappa shape index (κ3) is 3.71. The van der Waals surface area contributed by atoms with Crippen molar-refractivity contribution in [2.45, 2.75) is 11.8 Å². The first-order chi connectivity index (χ1) is 7.13. The van der Waals surface area contributed by atoms with E-state index >= 15 is 0 Å². The first kappa shape index (κ1) is 11.7. The lowest BCUT2D eigenvalue weighted by Gasteiger charge is -2.03. The van der Waals surface area contributed by atoms with Crippen molar-refractivity contribution >= 4 is 16.8 Å². The zero-order valence-corrected chi connectivity index (χ0v) is 9.12. The molecule has 0 heterocycles. The molecule has 0 bridgehead atoms. The molecule has 1 atom stereocenters. The molecule has 0 amide bonds. The van der Waals surface area contributed by atoms with Gasteiger partial charge in [-0.25, -0.2) is 0 Å². The van der Waals surface area contributed by atoms with Crippen molar-refractivity contribution in [3.63, 3.8) is 0 Å². The summed E-state index contributed by atoms with van der Waals surface area (Å²) in [6, 6.07) is 6.59. The number of benzene rings is 1. The number of carboxylic acids is 1. The lowest BCUT2D eigenvalue weighted by atomic mass is 10.3. The van der Waals surface area contributed by atoms with Gasteiger partial charge in [0.2, 0.25) is 0 Å². The van der Waals surface area contributed by atoms with E-state index in [2.05, 4.69) is 0 Å². The molecule has 1 N–H and O–H groups in total. The Bertz CT molecular complexity index is 358. The van der Waals surface area contributed by atoms with Crippen molar-refractivity contribution in [2.24, 2.45) is 0 Å². The van der Waals surface area contributed by atoms with E-state index in [0.29, 0.717) is 17.3 Å². The van der Waals surface area contributed by atoms with Gasteiger partial charge in [0.15, 0.2) is 0 Å². The van der Waals surface area contributed by atoms with Gasteiger partial charge in [-0.3, -0.25) is 9.00 Å². The molecular formula is C10H12O4S. The molecule has 0 saturated heterocycles. The van der Waals surface area contributed by atoms with Gasteiger partial charge in [-0.05, 0) is 31.2 Å². The molecule has 0 fully saturated rings. The molecule has 5 heteroatoms. The molecule has 0 saturated carbocycles. The maximum atomic E-state index is 11.4. The summed E-state index contributed by atoms with van der Waals surface area (Å²) in [6.07, 6.45) is 0. The van der Waals surface area contributed by atoms with Gasteiger partial charge in [0.05, 0.1) is 17.4 Å². The van der Waals surface area contributed by atoms with Crippen LogP contribution in [0.4, 0.5) is 0 Å². The number of hydrogen-bond acceptors (Lipinski definition) is 3. The summed E-state index contributed by atoms with van der Waals surface area (Å²) in [5.74, 6) is -0.746. The largest absolute Gasteiger partial charge is 0.494 e. The molecule has 15 heavy (non-hydrogen) atoms. The maximum Gasteiger partial charge on any atom is 0.316 e. The van der Waals surface area contributed by atoms with Crippen molar-refractivity contribution in [1.82, 2.24) is 0 Å². The van der Waals surface area contributed by atoms with Gasteiger partial charge in [0, 0.05) is 4.90 Å². The van der Waals surface area contributed by atoms with Gasteiger partial charge in [0.1, 0.15) is 11.5 Å². The summed E-state index contributed by atoms with van der Waals surface area (Å²) in [6.45, 7) is 2.44. The van der Waals surface area contributed by atoms with E-state index in [1.807, 2.05) is 6.92 Å². The van der Waals surface area contributed by atoms with E-state index in [4.69, 9.17) is 9.84 Å². The molecule has 0 aliphatic heterocycles. The van der Waals surface area contributed by atoms with Crippen LogP contribution in [0, 0.1) is 0 Å². The second-order valence-corrected chi connectivity index (χ2v) is 4.24. The Morgan fingerprint density at radius 1 is 1.40 bits per heavy atom. The number of ether oxygens (including phenoxy) is 1. The van der Waals surface area contributed by atoms with Gasteiger partial charge in [-0.2, -0.15) is 0 Å². The highest BCUT2D eigenvalue weighted by Crippen LogP contribution is 2.14. The van der Waals surface area contributed by atoms with Gasteiger partial charge in [-0.1, -0.05) is 0 Å². The summed E-state index contributed by atoms with van der Waals surface area (Å²) >= 11 is 0. The topological polar surface area (TPSA) is 63.6 Å². The molecule has 0 aromatic heterocycles. The Labute approximate surface area is 90.3 Å². The van der Waals surface area contributed by atoms with Crippen molar-refractivity contribution in [3.05, 3.63) is 24.3 Å². The van der Waals surface area contributed by atoms with Crippen LogP contribution in [-0.2, 0) is 15.6 Å². The Kier molecular flexibility index (Phi) is 4.30. The van der Waals surface area contributed by atoms with Gasteiger partial charge < -0.3 is 9.84 Å². The quantitative estimate of drug-likeness (QED) is 0.824. The van der Waals surface area contributed by atoms with Crippen LogP contribution in [0.5, 0.6) is 5.75 Å². The van der Waals surface area contributed by atoms with Crippen LogP contribution in [0.2, 0.25) is 0 Å². The summed E-state index contributed by atoms with van der Waals surface area (Å²) in [5.41, 5.74) is 0. The minimum absolute atomic E-state index is 0.367. The van der Waals surface area contributed by atoms with Crippen molar-refractivity contribution in [3.8, 4) is 5.75 Å². The predicted molar refractivity (Wildman–Crippen MR) is 56.5 cm³/mol. The lowest BCUT2D eigenvalue weighted by molar-refractivity contribution is -0.133. The van der Waals surface area contributed by atoms with Crippen molar-refractivity contribution < 1.29 is 18.8 Å². The number of carbonyl (C=O) groups is 1. The predicted octanol–water partition coefficient (Wildman–Crippen LogP) is 1.28. The minimum atomic E-state index is -1.48. The fourth-order valence-electron chi connectivity index (χ4n) is 1.05. The molecule has 0 aliphatic rings. The van der Waals surface area contributed by atoms with Crippen LogP contribution in [0.15, 0.2) is 29.2 Å². The molecule has 4 nitrogen and oxygen atoms in total. The number of hydrogen-bond donors (Lipinski definition) is 1. The molecule has 0 spiro atoms. The minimum Gasteiger partial charge on any atom is -0.494 e. The van der Waals surface area contributed by atoms with E-state index in [0.717, 1.165) is 0 Å². The smallest absolute Gasteiger partial charge is 0.316 e. The van der Waals surface area contributed by atoms with Gasteiger partial charge in [-0.15, -0.1) is 0 Å². The maximum absolute atomic E-state index is 11.4. The van der Waals surface area contributed by atoms with Crippen molar-refractivity contribution in [2.75, 3.05) is 12.4 Å². The van der Waals surface area contributed by atoms with Gasteiger partial charge in [0.25, 0.3) is 0 Å². The van der Waals surface area contributed by atoms with E-state index in [1.54, 1.807) is 24.3 Å². The lowest BCUT2D eigenvalue weighted by Crippen LogP contribution is -2.09. The second-order valence-electron chi connectivity index (χ2n) is 2.79. The molecule has 0 radical (unpaired) electrons. The summed E-state index contributed by atoms with van der Waals surface area (Å²) in [4.78, 5) is 10.8. The third-order valence-corrected chi connectivity index (χ3v) is 2.96. The fraction of sp³-hybridized carbons (Fsp3) is 0.300. The monoisotopic (exact) mass is 228 g/mol. The van der Waals surface area contributed by atoms with Crippen LogP contribution < -0.4 is 4.74 Å².